The van der Waals surface area contributed by atoms with Crippen molar-refractivity contribution in [3.8, 4) is 22.3 Å². The van der Waals surface area contributed by atoms with E-state index >= 15 is 0 Å². The Bertz CT molecular complexity index is 2080. The summed E-state index contributed by atoms with van der Waals surface area (Å²) in [5, 5.41) is 0.702. The second-order valence-corrected chi connectivity index (χ2v) is 11.9. The van der Waals surface area contributed by atoms with Gasteiger partial charge < -0.3 is 4.90 Å². The molecule has 0 bridgehead atoms. The summed E-state index contributed by atoms with van der Waals surface area (Å²) in [6.07, 6.45) is 0. The van der Waals surface area contributed by atoms with Gasteiger partial charge in [0, 0.05) is 22.0 Å². The van der Waals surface area contributed by atoms with E-state index in [1.165, 1.54) is 38.9 Å². The summed E-state index contributed by atoms with van der Waals surface area (Å²) in [4.78, 5) is 2.34. The Kier molecular flexibility index (Phi) is 6.82. The van der Waals surface area contributed by atoms with Crippen LogP contribution in [-0.2, 0) is 5.41 Å². The minimum Gasteiger partial charge on any atom is -0.310 e. The van der Waals surface area contributed by atoms with Gasteiger partial charge in [0.05, 0.1) is 11.1 Å². The predicted molar refractivity (Wildman–Crippen MR) is 189 cm³/mol. The maximum absolute atomic E-state index is 6.63. The molecule has 0 radical (unpaired) electrons. The van der Waals surface area contributed by atoms with Crippen LogP contribution in [0.3, 0.4) is 0 Å². The molecule has 8 rings (SSSR count). The van der Waals surface area contributed by atoms with Crippen LogP contribution >= 0.6 is 11.6 Å². The molecule has 0 N–H and O–H groups in total. The average Bonchev–Trinajstić information content (AvgIpc) is 3.40. The second-order valence-electron chi connectivity index (χ2n) is 11.5. The molecule has 0 aromatic heterocycles. The van der Waals surface area contributed by atoms with Crippen LogP contribution in [0.15, 0.2) is 182 Å². The van der Waals surface area contributed by atoms with Gasteiger partial charge in [0.1, 0.15) is 0 Å². The number of fused-ring (bicyclic) bond motifs is 3. The van der Waals surface area contributed by atoms with E-state index in [2.05, 4.69) is 169 Å². The molecule has 0 heterocycles. The van der Waals surface area contributed by atoms with E-state index in [1.807, 2.05) is 18.2 Å². The van der Waals surface area contributed by atoms with Gasteiger partial charge in [-0.05, 0) is 75.3 Å². The topological polar surface area (TPSA) is 3.24 Å². The SMILES string of the molecule is Clc1cccc(N(c2ccc3c(c2)-c2ccccc2C3(c2ccccc2)c2ccccc2)c2ccccc2-c2ccccc2)c1. The summed E-state index contributed by atoms with van der Waals surface area (Å²) in [6.45, 7) is 0. The minimum absolute atomic E-state index is 0.435. The lowest BCUT2D eigenvalue weighted by Crippen LogP contribution is -2.28. The monoisotopic (exact) mass is 595 g/mol. The predicted octanol–water partition coefficient (Wildman–Crippen LogP) is 11.8. The van der Waals surface area contributed by atoms with E-state index in [0.29, 0.717) is 5.02 Å². The van der Waals surface area contributed by atoms with Crippen molar-refractivity contribution in [3.05, 3.63) is 209 Å². The molecule has 0 fully saturated rings. The third-order valence-corrected chi connectivity index (χ3v) is 9.23. The fourth-order valence-corrected chi connectivity index (χ4v) is 7.33. The highest BCUT2D eigenvalue weighted by Gasteiger charge is 2.46. The number of nitrogens with zero attached hydrogens (tertiary/aromatic N) is 1. The van der Waals surface area contributed by atoms with Crippen molar-refractivity contribution in [1.82, 2.24) is 0 Å². The van der Waals surface area contributed by atoms with E-state index in [1.54, 1.807) is 0 Å². The zero-order chi connectivity index (χ0) is 30.2. The Morgan fingerprint density at radius 3 is 1.64 bits per heavy atom. The van der Waals surface area contributed by atoms with Gasteiger partial charge in [-0.2, -0.15) is 0 Å². The lowest BCUT2D eigenvalue weighted by molar-refractivity contribution is 0.768. The molecule has 0 amide bonds. The Hall–Kier alpha value is -5.37. The summed E-state index contributed by atoms with van der Waals surface area (Å²) in [7, 11) is 0. The van der Waals surface area contributed by atoms with E-state index in [4.69, 9.17) is 11.6 Å². The molecule has 1 nitrogen and oxygen atoms in total. The van der Waals surface area contributed by atoms with E-state index in [-0.39, 0.29) is 0 Å². The first-order valence-electron chi connectivity index (χ1n) is 15.3. The Morgan fingerprint density at radius 1 is 0.400 bits per heavy atom. The molecule has 45 heavy (non-hydrogen) atoms. The standard InChI is InChI=1S/C43H30ClN/c44-34-21-14-22-35(29-34)45(42-26-13-11-23-37(42)31-15-4-1-5-16-31)36-27-28-41-39(30-36)38-24-10-12-25-40(38)43(41,32-17-6-2-7-18-32)33-19-8-3-9-20-33/h1-30H. The van der Waals surface area contributed by atoms with Crippen LogP contribution in [0.5, 0.6) is 0 Å². The number of hydrogen-bond donors (Lipinski definition) is 0. The number of benzene rings is 7. The first kappa shape index (κ1) is 27.2. The van der Waals surface area contributed by atoms with Crippen molar-refractivity contribution in [1.29, 1.82) is 0 Å². The Labute approximate surface area is 269 Å². The van der Waals surface area contributed by atoms with Crippen LogP contribution in [0.2, 0.25) is 5.02 Å². The summed E-state index contributed by atoms with van der Waals surface area (Å²) >= 11 is 6.63. The maximum atomic E-state index is 6.63. The zero-order valence-corrected chi connectivity index (χ0v) is 25.4. The minimum atomic E-state index is -0.435. The number of hydrogen-bond acceptors (Lipinski definition) is 1. The third-order valence-electron chi connectivity index (χ3n) is 9.00. The van der Waals surface area contributed by atoms with Crippen LogP contribution < -0.4 is 4.90 Å². The molecular formula is C43H30ClN. The van der Waals surface area contributed by atoms with Gasteiger partial charge >= 0.3 is 0 Å². The van der Waals surface area contributed by atoms with Crippen molar-refractivity contribution in [2.24, 2.45) is 0 Å². The molecule has 2 heteroatoms. The van der Waals surface area contributed by atoms with Crippen LogP contribution in [0, 0.1) is 0 Å². The molecule has 1 aliphatic carbocycles. The van der Waals surface area contributed by atoms with E-state index in [9.17, 15) is 0 Å². The molecule has 7 aromatic rings. The van der Waals surface area contributed by atoms with Crippen molar-refractivity contribution in [2.45, 2.75) is 5.41 Å². The lowest BCUT2D eigenvalue weighted by Gasteiger charge is -2.34. The highest BCUT2D eigenvalue weighted by Crippen LogP contribution is 2.57. The van der Waals surface area contributed by atoms with Gasteiger partial charge in [-0.15, -0.1) is 0 Å². The molecule has 0 atom stereocenters. The molecule has 0 unspecified atom stereocenters. The number of para-hydroxylation sites is 1. The second kappa shape index (κ2) is 11.3. The largest absolute Gasteiger partial charge is 0.310 e. The van der Waals surface area contributed by atoms with Gasteiger partial charge in [-0.3, -0.25) is 0 Å². The quantitative estimate of drug-likeness (QED) is 0.185. The van der Waals surface area contributed by atoms with Crippen molar-refractivity contribution in [3.63, 3.8) is 0 Å². The van der Waals surface area contributed by atoms with Crippen LogP contribution in [-0.4, -0.2) is 0 Å². The third kappa shape index (κ3) is 4.47. The Balaban J connectivity index is 1.41. The lowest BCUT2D eigenvalue weighted by atomic mass is 9.68. The molecule has 7 aromatic carbocycles. The van der Waals surface area contributed by atoms with Crippen LogP contribution in [0.25, 0.3) is 22.3 Å². The first-order valence-corrected chi connectivity index (χ1v) is 15.7. The molecule has 1 aliphatic rings. The normalized spacial score (nSPS) is 12.7. The van der Waals surface area contributed by atoms with Gasteiger partial charge in [0.2, 0.25) is 0 Å². The maximum Gasteiger partial charge on any atom is 0.0713 e. The van der Waals surface area contributed by atoms with E-state index in [0.717, 1.165) is 22.6 Å². The molecule has 214 valence electrons. The number of anilines is 3. The summed E-state index contributed by atoms with van der Waals surface area (Å²) in [5.74, 6) is 0. The first-order chi connectivity index (χ1) is 22.2. The molecule has 0 saturated heterocycles. The highest BCUT2D eigenvalue weighted by molar-refractivity contribution is 6.30. The van der Waals surface area contributed by atoms with E-state index < -0.39 is 5.41 Å². The van der Waals surface area contributed by atoms with Gasteiger partial charge in [-0.1, -0.05) is 157 Å². The molecule has 0 spiro atoms. The van der Waals surface area contributed by atoms with Crippen LogP contribution in [0.1, 0.15) is 22.3 Å². The highest BCUT2D eigenvalue weighted by atomic mass is 35.5. The smallest absolute Gasteiger partial charge is 0.0713 e. The van der Waals surface area contributed by atoms with Gasteiger partial charge in [0.15, 0.2) is 0 Å². The molecule has 0 aliphatic heterocycles. The van der Waals surface area contributed by atoms with Gasteiger partial charge in [0.25, 0.3) is 0 Å². The van der Waals surface area contributed by atoms with Crippen LogP contribution in [0.4, 0.5) is 17.1 Å². The summed E-state index contributed by atoms with van der Waals surface area (Å²) in [5.41, 5.74) is 12.7. The fraction of sp³-hybridized carbons (Fsp3) is 0.0233. The van der Waals surface area contributed by atoms with Crippen molar-refractivity contribution >= 4 is 28.7 Å². The Morgan fingerprint density at radius 2 is 0.956 bits per heavy atom. The zero-order valence-electron chi connectivity index (χ0n) is 24.6. The summed E-state index contributed by atoms with van der Waals surface area (Å²) in [6, 6.07) is 65.0. The van der Waals surface area contributed by atoms with Gasteiger partial charge in [-0.25, -0.2) is 0 Å². The molecular weight excluding hydrogens is 566 g/mol. The number of rotatable bonds is 6. The average molecular weight is 596 g/mol. The summed E-state index contributed by atoms with van der Waals surface area (Å²) < 4.78 is 0. The number of halogens is 1. The molecule has 0 saturated carbocycles. The van der Waals surface area contributed by atoms with Crippen molar-refractivity contribution in [2.75, 3.05) is 4.90 Å². The fourth-order valence-electron chi connectivity index (χ4n) is 7.15. The van der Waals surface area contributed by atoms with Crippen molar-refractivity contribution < 1.29 is 0 Å².